The van der Waals surface area contributed by atoms with Crippen molar-refractivity contribution in [1.82, 2.24) is 9.97 Å². The van der Waals surface area contributed by atoms with Gasteiger partial charge in [0.15, 0.2) is 0 Å². The molecule has 4 nitrogen and oxygen atoms in total. The summed E-state index contributed by atoms with van der Waals surface area (Å²) in [5.74, 6) is 2.18. The summed E-state index contributed by atoms with van der Waals surface area (Å²) >= 11 is 0. The highest BCUT2D eigenvalue weighted by Gasteiger charge is 2.19. The van der Waals surface area contributed by atoms with Crippen molar-refractivity contribution in [3.05, 3.63) is 47.2 Å². The number of fused-ring (bicyclic) bond motifs is 1. The maximum absolute atomic E-state index is 4.80. The van der Waals surface area contributed by atoms with Gasteiger partial charge in [0.25, 0.3) is 0 Å². The summed E-state index contributed by atoms with van der Waals surface area (Å²) in [6, 6.07) is 11.2. The molecule has 0 unspecified atom stereocenters. The van der Waals surface area contributed by atoms with Gasteiger partial charge in [-0.2, -0.15) is 4.98 Å². The van der Waals surface area contributed by atoms with Crippen LogP contribution in [-0.2, 0) is 13.0 Å². The van der Waals surface area contributed by atoms with Gasteiger partial charge >= 0.3 is 0 Å². The number of hydrogen-bond donors (Lipinski definition) is 1. The Morgan fingerprint density at radius 2 is 1.88 bits per heavy atom. The van der Waals surface area contributed by atoms with Gasteiger partial charge in [-0.05, 0) is 36.8 Å². The molecule has 0 saturated carbocycles. The molecular formula is C20H28N4. The lowest BCUT2D eigenvalue weighted by Gasteiger charge is -2.30. The molecule has 0 spiro atoms. The summed E-state index contributed by atoms with van der Waals surface area (Å²) in [7, 11) is 0. The van der Waals surface area contributed by atoms with Crippen molar-refractivity contribution in [2.75, 3.05) is 16.8 Å². The van der Waals surface area contributed by atoms with E-state index >= 15 is 0 Å². The molecule has 2 aromatic rings. The lowest BCUT2D eigenvalue weighted by Crippen LogP contribution is -2.31. The fraction of sp³-hybridized carbons (Fsp3) is 0.500. The van der Waals surface area contributed by atoms with E-state index in [0.29, 0.717) is 12.0 Å². The monoisotopic (exact) mass is 324 g/mol. The maximum atomic E-state index is 4.80. The van der Waals surface area contributed by atoms with E-state index < -0.39 is 0 Å². The molecule has 1 atom stereocenters. The molecule has 4 heteroatoms. The lowest BCUT2D eigenvalue weighted by molar-refractivity contribution is 0.707. The van der Waals surface area contributed by atoms with E-state index in [9.17, 15) is 0 Å². The molecule has 0 aliphatic carbocycles. The Balaban J connectivity index is 1.89. The molecule has 128 valence electrons. The first kappa shape index (κ1) is 16.7. The molecule has 0 fully saturated rings. The summed E-state index contributed by atoms with van der Waals surface area (Å²) in [5, 5.41) is 3.44. The lowest BCUT2D eigenvalue weighted by atomic mass is 10.00. The maximum Gasteiger partial charge on any atom is 0.225 e. The number of benzene rings is 1. The van der Waals surface area contributed by atoms with Gasteiger partial charge in [0.1, 0.15) is 5.82 Å². The van der Waals surface area contributed by atoms with Gasteiger partial charge in [-0.1, -0.05) is 45.0 Å². The second kappa shape index (κ2) is 7.20. The number of anilines is 2. The van der Waals surface area contributed by atoms with E-state index in [4.69, 9.17) is 9.97 Å². The van der Waals surface area contributed by atoms with Crippen LogP contribution in [0.15, 0.2) is 30.3 Å². The molecule has 24 heavy (non-hydrogen) atoms. The molecule has 1 N–H and O–H groups in total. The second-order valence-electron chi connectivity index (χ2n) is 7.02. The summed E-state index contributed by atoms with van der Waals surface area (Å²) in [6.45, 7) is 10.6. The van der Waals surface area contributed by atoms with Crippen LogP contribution in [0.4, 0.5) is 11.8 Å². The Morgan fingerprint density at radius 3 is 2.58 bits per heavy atom. The molecule has 1 aromatic carbocycles. The van der Waals surface area contributed by atoms with Crippen molar-refractivity contribution in [2.24, 2.45) is 0 Å². The van der Waals surface area contributed by atoms with Crippen LogP contribution in [0.1, 0.15) is 56.9 Å². The molecule has 2 heterocycles. The van der Waals surface area contributed by atoms with Gasteiger partial charge in [0, 0.05) is 25.2 Å². The first-order chi connectivity index (χ1) is 11.6. The summed E-state index contributed by atoms with van der Waals surface area (Å²) in [5.41, 5.74) is 3.97. The smallest absolute Gasteiger partial charge is 0.225 e. The highest BCUT2D eigenvalue weighted by molar-refractivity contribution is 5.48. The Hall–Kier alpha value is -2.10. The largest absolute Gasteiger partial charge is 0.352 e. The van der Waals surface area contributed by atoms with E-state index in [0.717, 1.165) is 43.4 Å². The first-order valence-corrected chi connectivity index (χ1v) is 9.04. The van der Waals surface area contributed by atoms with Gasteiger partial charge in [-0.25, -0.2) is 4.98 Å². The Bertz CT molecular complexity index is 696. The molecular weight excluding hydrogens is 296 g/mol. The summed E-state index contributed by atoms with van der Waals surface area (Å²) in [6.07, 6.45) is 2.13. The zero-order valence-electron chi connectivity index (χ0n) is 15.2. The minimum atomic E-state index is 0.377. The number of rotatable bonds is 5. The van der Waals surface area contributed by atoms with Crippen LogP contribution in [0.2, 0.25) is 0 Å². The Morgan fingerprint density at radius 1 is 1.12 bits per heavy atom. The van der Waals surface area contributed by atoms with Crippen molar-refractivity contribution in [1.29, 1.82) is 0 Å². The van der Waals surface area contributed by atoms with Crippen molar-refractivity contribution in [2.45, 2.75) is 59.0 Å². The third kappa shape index (κ3) is 3.69. The average molecular weight is 324 g/mol. The van der Waals surface area contributed by atoms with Crippen molar-refractivity contribution in [3.63, 3.8) is 0 Å². The molecule has 0 saturated heterocycles. The zero-order chi connectivity index (χ0) is 17.1. The van der Waals surface area contributed by atoms with Crippen LogP contribution in [0.25, 0.3) is 0 Å². The van der Waals surface area contributed by atoms with Crippen molar-refractivity contribution in [3.8, 4) is 0 Å². The molecule has 0 amide bonds. The predicted octanol–water partition coefficient (Wildman–Crippen LogP) is 4.37. The topological polar surface area (TPSA) is 41.1 Å². The van der Waals surface area contributed by atoms with Gasteiger partial charge < -0.3 is 10.2 Å². The fourth-order valence-electron chi connectivity index (χ4n) is 2.99. The zero-order valence-corrected chi connectivity index (χ0v) is 15.2. The third-order valence-electron chi connectivity index (χ3n) is 4.77. The molecule has 0 bridgehead atoms. The average Bonchev–Trinajstić information content (AvgIpc) is 2.60. The fourth-order valence-corrected chi connectivity index (χ4v) is 2.99. The molecule has 1 aliphatic heterocycles. The second-order valence-corrected chi connectivity index (χ2v) is 7.02. The van der Waals surface area contributed by atoms with E-state index in [2.05, 4.69) is 68.2 Å². The van der Waals surface area contributed by atoms with E-state index in [-0.39, 0.29) is 0 Å². The number of nitrogens with zero attached hydrogens (tertiary/aromatic N) is 3. The SMILES string of the molecule is CC[C@@H](C)Nc1nc(C(C)C)cc(N2CCc3ccccc3C2)n1. The van der Waals surface area contributed by atoms with Gasteiger partial charge in [-0.15, -0.1) is 0 Å². The van der Waals surface area contributed by atoms with Gasteiger partial charge in [-0.3, -0.25) is 0 Å². The Labute approximate surface area is 145 Å². The third-order valence-corrected chi connectivity index (χ3v) is 4.77. The molecule has 1 aromatic heterocycles. The standard InChI is InChI=1S/C20H28N4/c1-5-15(4)21-20-22-18(14(2)3)12-19(23-20)24-11-10-16-8-6-7-9-17(16)13-24/h6-9,12,14-15H,5,10-11,13H2,1-4H3,(H,21,22,23)/t15-/m1/s1. The van der Waals surface area contributed by atoms with Crippen LogP contribution >= 0.6 is 0 Å². The highest BCUT2D eigenvalue weighted by Crippen LogP contribution is 2.26. The van der Waals surface area contributed by atoms with Gasteiger partial charge in [0.2, 0.25) is 5.95 Å². The van der Waals surface area contributed by atoms with Crippen LogP contribution < -0.4 is 10.2 Å². The van der Waals surface area contributed by atoms with Crippen LogP contribution in [0.5, 0.6) is 0 Å². The van der Waals surface area contributed by atoms with E-state index in [1.165, 1.54) is 11.1 Å². The van der Waals surface area contributed by atoms with E-state index in [1.807, 2.05) is 0 Å². The first-order valence-electron chi connectivity index (χ1n) is 9.04. The number of hydrogen-bond acceptors (Lipinski definition) is 4. The predicted molar refractivity (Wildman–Crippen MR) is 101 cm³/mol. The van der Waals surface area contributed by atoms with Crippen LogP contribution in [-0.4, -0.2) is 22.6 Å². The minimum absolute atomic E-state index is 0.377. The van der Waals surface area contributed by atoms with Crippen molar-refractivity contribution >= 4 is 11.8 Å². The van der Waals surface area contributed by atoms with Crippen LogP contribution in [0.3, 0.4) is 0 Å². The normalized spacial score (nSPS) is 15.3. The summed E-state index contributed by atoms with van der Waals surface area (Å²) < 4.78 is 0. The van der Waals surface area contributed by atoms with E-state index in [1.54, 1.807) is 0 Å². The minimum Gasteiger partial charge on any atom is -0.352 e. The molecule has 1 aliphatic rings. The Kier molecular flexibility index (Phi) is 5.03. The summed E-state index contributed by atoms with van der Waals surface area (Å²) in [4.78, 5) is 11.9. The van der Waals surface area contributed by atoms with Crippen LogP contribution in [0, 0.1) is 0 Å². The number of aromatic nitrogens is 2. The van der Waals surface area contributed by atoms with Gasteiger partial charge in [0.05, 0.1) is 5.69 Å². The quantitative estimate of drug-likeness (QED) is 0.886. The molecule has 0 radical (unpaired) electrons. The number of nitrogens with one attached hydrogen (secondary N) is 1. The molecule has 3 rings (SSSR count). The highest BCUT2D eigenvalue weighted by atomic mass is 15.2. The van der Waals surface area contributed by atoms with Crippen molar-refractivity contribution < 1.29 is 0 Å².